The van der Waals surface area contributed by atoms with Crippen molar-refractivity contribution in [2.45, 2.75) is 31.3 Å². The van der Waals surface area contributed by atoms with Gasteiger partial charge in [-0.05, 0) is 48.7 Å². The van der Waals surface area contributed by atoms with Gasteiger partial charge in [0.2, 0.25) is 10.0 Å². The summed E-state index contributed by atoms with van der Waals surface area (Å²) in [7, 11) is -3.60. The maximum Gasteiger partial charge on any atom is 0.573 e. The SMILES string of the molecule is CS(=O)(=O)Nc1cnccc1CN1C(=O)N(c2ccc(OC(F)(F)F)cc2)C(=O)C12CC2. The average Bonchev–Trinajstić information content (AvgIpc) is 3.44. The summed E-state index contributed by atoms with van der Waals surface area (Å²) < 4.78 is 66.5. The van der Waals surface area contributed by atoms with E-state index < -0.39 is 39.6 Å². The van der Waals surface area contributed by atoms with Crippen LogP contribution in [0.25, 0.3) is 0 Å². The third-order valence-corrected chi connectivity index (χ3v) is 5.72. The van der Waals surface area contributed by atoms with Gasteiger partial charge in [-0.3, -0.25) is 14.5 Å². The van der Waals surface area contributed by atoms with Crippen molar-refractivity contribution in [3.8, 4) is 5.75 Å². The number of imide groups is 1. The number of carbonyl (C=O) groups is 2. The van der Waals surface area contributed by atoms with Crippen molar-refractivity contribution in [2.24, 2.45) is 0 Å². The molecule has 1 aliphatic carbocycles. The quantitative estimate of drug-likeness (QED) is 0.651. The van der Waals surface area contributed by atoms with Crippen LogP contribution in [0, 0.1) is 0 Å². The molecule has 1 saturated heterocycles. The van der Waals surface area contributed by atoms with Crippen molar-refractivity contribution in [3.63, 3.8) is 0 Å². The number of halogens is 3. The molecule has 1 saturated carbocycles. The number of hydrogen-bond donors (Lipinski definition) is 1. The number of sulfonamides is 1. The van der Waals surface area contributed by atoms with Gasteiger partial charge < -0.3 is 9.64 Å². The highest BCUT2D eigenvalue weighted by molar-refractivity contribution is 7.92. The second-order valence-corrected chi connectivity index (χ2v) is 9.24. The number of hydrogen-bond acceptors (Lipinski definition) is 6. The lowest BCUT2D eigenvalue weighted by Crippen LogP contribution is -2.36. The number of benzene rings is 1. The number of urea groups is 1. The number of alkyl halides is 3. The van der Waals surface area contributed by atoms with Gasteiger partial charge in [0.15, 0.2) is 0 Å². The first-order valence-electron chi connectivity index (χ1n) is 9.32. The number of carbonyl (C=O) groups excluding carboxylic acids is 2. The van der Waals surface area contributed by atoms with Crippen LogP contribution in [0.4, 0.5) is 29.3 Å². The van der Waals surface area contributed by atoms with E-state index in [9.17, 15) is 31.2 Å². The van der Waals surface area contributed by atoms with Gasteiger partial charge in [-0.1, -0.05) is 0 Å². The Morgan fingerprint density at radius 2 is 1.81 bits per heavy atom. The molecular formula is C19H17F3N4O5S. The first-order valence-corrected chi connectivity index (χ1v) is 11.2. The molecule has 2 aliphatic rings. The zero-order valence-corrected chi connectivity index (χ0v) is 17.4. The molecule has 13 heteroatoms. The summed E-state index contributed by atoms with van der Waals surface area (Å²) in [4.78, 5) is 32.4. The minimum atomic E-state index is -4.86. The molecule has 32 heavy (non-hydrogen) atoms. The molecular weight excluding hydrogens is 453 g/mol. The van der Waals surface area contributed by atoms with Gasteiger partial charge in [0, 0.05) is 6.20 Å². The number of ether oxygens (including phenoxy) is 1. The summed E-state index contributed by atoms with van der Waals surface area (Å²) >= 11 is 0. The van der Waals surface area contributed by atoms with Crippen LogP contribution in [0.1, 0.15) is 18.4 Å². The lowest BCUT2D eigenvalue weighted by atomic mass is 10.1. The molecule has 9 nitrogen and oxygen atoms in total. The first kappa shape index (κ1) is 21.9. The van der Waals surface area contributed by atoms with E-state index in [1.54, 1.807) is 0 Å². The predicted molar refractivity (Wildman–Crippen MR) is 106 cm³/mol. The Balaban J connectivity index is 1.61. The fourth-order valence-corrected chi connectivity index (χ4v) is 4.17. The fourth-order valence-electron chi connectivity index (χ4n) is 3.58. The standard InChI is InChI=1S/C19H17F3N4O5S/c1-32(29,30)24-15-10-23-9-6-12(15)11-25-17(28)26(16(27)18(25)7-8-18)13-2-4-14(5-3-13)31-19(20,21)22/h2-6,9-10,24H,7-8,11H2,1H3. The molecule has 3 amide bonds. The van der Waals surface area contributed by atoms with Gasteiger partial charge in [-0.15, -0.1) is 13.2 Å². The monoisotopic (exact) mass is 470 g/mol. The minimum Gasteiger partial charge on any atom is -0.406 e. The summed E-state index contributed by atoms with van der Waals surface area (Å²) in [5.74, 6) is -0.967. The van der Waals surface area contributed by atoms with E-state index in [2.05, 4.69) is 14.4 Å². The number of nitrogens with one attached hydrogen (secondary N) is 1. The third-order valence-electron chi connectivity index (χ3n) is 5.13. The minimum absolute atomic E-state index is 0.0588. The van der Waals surface area contributed by atoms with Crippen LogP contribution in [0.2, 0.25) is 0 Å². The van der Waals surface area contributed by atoms with Crippen molar-refractivity contribution in [2.75, 3.05) is 15.9 Å². The summed E-state index contributed by atoms with van der Waals surface area (Å²) in [5.41, 5.74) is -0.344. The van der Waals surface area contributed by atoms with E-state index in [4.69, 9.17) is 0 Å². The Morgan fingerprint density at radius 1 is 1.16 bits per heavy atom. The van der Waals surface area contributed by atoms with Crippen LogP contribution in [0.5, 0.6) is 5.75 Å². The molecule has 170 valence electrons. The van der Waals surface area contributed by atoms with E-state index in [0.717, 1.165) is 23.3 Å². The zero-order chi connectivity index (χ0) is 23.3. The molecule has 0 radical (unpaired) electrons. The number of aromatic nitrogens is 1. The number of nitrogens with zero attached hydrogens (tertiary/aromatic N) is 3. The maximum absolute atomic E-state index is 13.2. The van der Waals surface area contributed by atoms with E-state index in [0.29, 0.717) is 18.4 Å². The number of amides is 3. The molecule has 2 heterocycles. The predicted octanol–water partition coefficient (Wildman–Crippen LogP) is 2.85. The normalized spacial score (nSPS) is 17.8. The van der Waals surface area contributed by atoms with Crippen LogP contribution < -0.4 is 14.4 Å². The van der Waals surface area contributed by atoms with Gasteiger partial charge in [-0.25, -0.2) is 18.1 Å². The summed E-state index contributed by atoms with van der Waals surface area (Å²) in [5, 5.41) is 0. The fraction of sp³-hybridized carbons (Fsp3) is 0.316. The Labute approximate surface area is 180 Å². The average molecular weight is 470 g/mol. The third kappa shape index (κ3) is 4.20. The molecule has 1 aromatic carbocycles. The van der Waals surface area contributed by atoms with Gasteiger partial charge in [0.1, 0.15) is 11.3 Å². The van der Waals surface area contributed by atoms with E-state index in [1.165, 1.54) is 35.5 Å². The molecule has 0 bridgehead atoms. The Kier molecular flexibility index (Phi) is 5.03. The zero-order valence-electron chi connectivity index (χ0n) is 16.6. The summed E-state index contributed by atoms with van der Waals surface area (Å²) in [6.07, 6.45) is -0.313. The Morgan fingerprint density at radius 3 is 2.38 bits per heavy atom. The molecule has 2 aromatic rings. The van der Waals surface area contributed by atoms with Crippen LogP contribution in [-0.2, 0) is 21.4 Å². The largest absolute Gasteiger partial charge is 0.573 e. The molecule has 2 fully saturated rings. The molecule has 1 N–H and O–H groups in total. The molecule has 0 atom stereocenters. The van der Waals surface area contributed by atoms with Crippen LogP contribution in [0.3, 0.4) is 0 Å². The topological polar surface area (TPSA) is 109 Å². The molecule has 1 spiro atoms. The van der Waals surface area contributed by atoms with Crippen LogP contribution in [-0.4, -0.2) is 48.4 Å². The molecule has 4 rings (SSSR count). The maximum atomic E-state index is 13.2. The van der Waals surface area contributed by atoms with Crippen molar-refractivity contribution in [1.82, 2.24) is 9.88 Å². The van der Waals surface area contributed by atoms with Crippen LogP contribution in [0.15, 0.2) is 42.7 Å². The van der Waals surface area contributed by atoms with Gasteiger partial charge in [0.05, 0.1) is 30.4 Å². The number of pyridine rings is 1. The first-order chi connectivity index (χ1) is 14.9. The number of rotatable bonds is 6. The van der Waals surface area contributed by atoms with Crippen molar-refractivity contribution < 1.29 is 35.9 Å². The van der Waals surface area contributed by atoms with E-state index in [1.807, 2.05) is 0 Å². The van der Waals surface area contributed by atoms with Gasteiger partial charge in [-0.2, -0.15) is 0 Å². The highest BCUT2D eigenvalue weighted by atomic mass is 32.2. The summed E-state index contributed by atoms with van der Waals surface area (Å²) in [6.45, 7) is -0.0588. The summed E-state index contributed by atoms with van der Waals surface area (Å²) in [6, 6.07) is 5.30. The molecule has 1 aliphatic heterocycles. The molecule has 0 unspecified atom stereocenters. The second kappa shape index (κ2) is 7.36. The van der Waals surface area contributed by atoms with E-state index in [-0.39, 0.29) is 17.9 Å². The number of anilines is 2. The highest BCUT2D eigenvalue weighted by Gasteiger charge is 2.65. The smallest absolute Gasteiger partial charge is 0.406 e. The second-order valence-electron chi connectivity index (χ2n) is 7.49. The Bertz CT molecular complexity index is 1180. The van der Waals surface area contributed by atoms with Crippen molar-refractivity contribution in [1.29, 1.82) is 0 Å². The van der Waals surface area contributed by atoms with Crippen LogP contribution >= 0.6 is 0 Å². The Hall–Kier alpha value is -3.35. The molecule has 1 aromatic heterocycles. The highest BCUT2D eigenvalue weighted by Crippen LogP contribution is 2.50. The lowest BCUT2D eigenvalue weighted by Gasteiger charge is -2.22. The van der Waals surface area contributed by atoms with Crippen molar-refractivity contribution in [3.05, 3.63) is 48.3 Å². The van der Waals surface area contributed by atoms with E-state index >= 15 is 0 Å². The van der Waals surface area contributed by atoms with Crippen molar-refractivity contribution >= 4 is 33.3 Å². The van der Waals surface area contributed by atoms with Gasteiger partial charge in [0.25, 0.3) is 5.91 Å². The lowest BCUT2D eigenvalue weighted by molar-refractivity contribution is -0.274. The van der Waals surface area contributed by atoms with Gasteiger partial charge >= 0.3 is 12.4 Å².